The van der Waals surface area contributed by atoms with Crippen LogP contribution in [0.15, 0.2) is 52.8 Å². The highest BCUT2D eigenvalue weighted by Crippen LogP contribution is 2.41. The van der Waals surface area contributed by atoms with E-state index in [1.807, 2.05) is 20.0 Å². The summed E-state index contributed by atoms with van der Waals surface area (Å²) >= 11 is 0. The molecular formula is C32H36N4O7. The van der Waals surface area contributed by atoms with Gasteiger partial charge in [-0.2, -0.15) is 0 Å². The van der Waals surface area contributed by atoms with Gasteiger partial charge in [0, 0.05) is 44.2 Å². The Hall–Kier alpha value is -4.51. The number of nitrogens with zero attached hydrogens (tertiary/aromatic N) is 4. The molecule has 43 heavy (non-hydrogen) atoms. The second kappa shape index (κ2) is 11.3. The van der Waals surface area contributed by atoms with Crippen LogP contribution in [-0.2, 0) is 0 Å². The van der Waals surface area contributed by atoms with Crippen LogP contribution in [-0.4, -0.2) is 85.7 Å². The molecule has 0 saturated heterocycles. The molecule has 1 N–H and O–H groups in total. The van der Waals surface area contributed by atoms with Gasteiger partial charge in [0.25, 0.3) is 11.8 Å². The van der Waals surface area contributed by atoms with E-state index < -0.39 is 6.23 Å². The summed E-state index contributed by atoms with van der Waals surface area (Å²) in [4.78, 5) is 36.2. The number of likely N-dealkylation sites (N-methyl/N-ethyl adjacent to an activating group) is 1. The lowest BCUT2D eigenvalue weighted by Crippen LogP contribution is -2.46. The molecule has 0 spiro atoms. The molecule has 0 fully saturated rings. The van der Waals surface area contributed by atoms with Crippen molar-refractivity contribution >= 4 is 29.4 Å². The maximum absolute atomic E-state index is 13.4. The number of hydrogen-bond donors (Lipinski definition) is 1. The van der Waals surface area contributed by atoms with E-state index in [0.717, 1.165) is 17.6 Å². The number of rotatable bonds is 8. The van der Waals surface area contributed by atoms with Crippen LogP contribution < -0.4 is 23.8 Å². The normalized spacial score (nSPS) is 22.2. The molecule has 6 rings (SSSR count). The smallest absolute Gasteiger partial charge is 0.260 e. The molecule has 2 aromatic rings. The number of methoxy groups -OCH3 is 2. The van der Waals surface area contributed by atoms with Crippen molar-refractivity contribution in [1.82, 2.24) is 9.80 Å². The van der Waals surface area contributed by atoms with E-state index in [2.05, 4.69) is 4.99 Å². The van der Waals surface area contributed by atoms with Gasteiger partial charge >= 0.3 is 0 Å². The molecule has 226 valence electrons. The topological polar surface area (TPSA) is 113 Å². The average molecular weight is 589 g/mol. The number of ether oxygens (including phenoxy) is 4. The molecule has 0 bridgehead atoms. The Labute approximate surface area is 250 Å². The van der Waals surface area contributed by atoms with Crippen molar-refractivity contribution < 1.29 is 33.6 Å². The number of carbonyl (C=O) groups excluding carboxylic acids is 2. The fourth-order valence-corrected chi connectivity index (χ4v) is 6.07. The number of aliphatic hydroxyl groups excluding tert-OH is 1. The van der Waals surface area contributed by atoms with Crippen LogP contribution in [0.2, 0.25) is 0 Å². The van der Waals surface area contributed by atoms with Crippen LogP contribution in [0, 0.1) is 0 Å². The number of carbonyl (C=O) groups is 2. The van der Waals surface area contributed by atoms with Gasteiger partial charge in [0.1, 0.15) is 6.23 Å². The first-order chi connectivity index (χ1) is 20.7. The zero-order valence-electron chi connectivity index (χ0n) is 25.0. The van der Waals surface area contributed by atoms with E-state index in [9.17, 15) is 14.7 Å². The Bertz CT molecular complexity index is 1570. The van der Waals surface area contributed by atoms with Crippen molar-refractivity contribution in [2.45, 2.75) is 51.4 Å². The molecule has 0 radical (unpaired) electrons. The summed E-state index contributed by atoms with van der Waals surface area (Å²) in [5.74, 6) is 1.52. The fourth-order valence-electron chi connectivity index (χ4n) is 6.07. The predicted molar refractivity (Wildman–Crippen MR) is 161 cm³/mol. The monoisotopic (exact) mass is 588 g/mol. The lowest BCUT2D eigenvalue weighted by atomic mass is 10.1. The first-order valence-electron chi connectivity index (χ1n) is 14.3. The van der Waals surface area contributed by atoms with Crippen molar-refractivity contribution in [2.75, 3.05) is 39.4 Å². The molecule has 0 unspecified atom stereocenters. The summed E-state index contributed by atoms with van der Waals surface area (Å²) in [6.45, 7) is 4.58. The van der Waals surface area contributed by atoms with Crippen molar-refractivity contribution in [2.24, 2.45) is 4.99 Å². The molecule has 0 saturated carbocycles. The minimum Gasteiger partial charge on any atom is -0.493 e. The highest BCUT2D eigenvalue weighted by atomic mass is 16.5. The molecule has 4 aliphatic rings. The Kier molecular flexibility index (Phi) is 7.51. The minimum atomic E-state index is -0.874. The minimum absolute atomic E-state index is 0.0864. The second-order valence-electron chi connectivity index (χ2n) is 11.3. The summed E-state index contributed by atoms with van der Waals surface area (Å²) in [5, 5.41) is 11.0. The van der Waals surface area contributed by atoms with Gasteiger partial charge in [-0.15, -0.1) is 0 Å². The van der Waals surface area contributed by atoms with Crippen LogP contribution in [0.3, 0.4) is 0 Å². The lowest BCUT2D eigenvalue weighted by Gasteiger charge is -2.31. The summed E-state index contributed by atoms with van der Waals surface area (Å²) in [7, 11) is 4.83. The quantitative estimate of drug-likeness (QED) is 0.455. The Morgan fingerprint density at radius 3 is 2.14 bits per heavy atom. The molecule has 4 aliphatic heterocycles. The first kappa shape index (κ1) is 28.6. The van der Waals surface area contributed by atoms with Crippen molar-refractivity contribution in [3.05, 3.63) is 58.9 Å². The van der Waals surface area contributed by atoms with Gasteiger partial charge in [-0.25, -0.2) is 0 Å². The molecule has 0 aliphatic carbocycles. The maximum Gasteiger partial charge on any atom is 0.260 e. The van der Waals surface area contributed by atoms with Gasteiger partial charge < -0.3 is 38.8 Å². The van der Waals surface area contributed by atoms with Gasteiger partial charge in [0.2, 0.25) is 0 Å². The van der Waals surface area contributed by atoms with Gasteiger partial charge in [0.05, 0.1) is 62.0 Å². The lowest BCUT2D eigenvalue weighted by molar-refractivity contribution is 0.0590. The largest absolute Gasteiger partial charge is 0.493 e. The second-order valence-corrected chi connectivity index (χ2v) is 11.3. The number of fused-ring (bicyclic) bond motifs is 4. The summed E-state index contributed by atoms with van der Waals surface area (Å²) in [6, 6.07) is 6.38. The van der Waals surface area contributed by atoms with Crippen molar-refractivity contribution in [3.8, 4) is 23.0 Å². The van der Waals surface area contributed by atoms with Crippen molar-refractivity contribution in [1.29, 1.82) is 0 Å². The Morgan fingerprint density at radius 2 is 1.44 bits per heavy atom. The zero-order valence-corrected chi connectivity index (χ0v) is 25.0. The summed E-state index contributed by atoms with van der Waals surface area (Å²) in [6.07, 6.45) is 6.52. The van der Waals surface area contributed by atoms with Gasteiger partial charge in [-0.3, -0.25) is 14.6 Å². The van der Waals surface area contributed by atoms with Crippen LogP contribution >= 0.6 is 0 Å². The van der Waals surface area contributed by atoms with E-state index in [1.54, 1.807) is 58.4 Å². The van der Waals surface area contributed by atoms with E-state index >= 15 is 0 Å². The predicted octanol–water partition coefficient (Wildman–Crippen LogP) is 4.27. The van der Waals surface area contributed by atoms with Gasteiger partial charge in [0.15, 0.2) is 23.0 Å². The van der Waals surface area contributed by atoms with Crippen LogP contribution in [0.5, 0.6) is 23.0 Å². The van der Waals surface area contributed by atoms with Gasteiger partial charge in [-0.05, 0) is 38.8 Å². The van der Waals surface area contributed by atoms with Crippen LogP contribution in [0.1, 0.15) is 53.8 Å². The van der Waals surface area contributed by atoms with E-state index in [4.69, 9.17) is 18.9 Å². The molecule has 11 nitrogen and oxygen atoms in total. The highest BCUT2D eigenvalue weighted by molar-refractivity contribution is 6.04. The Morgan fingerprint density at radius 1 is 0.837 bits per heavy atom. The molecular weight excluding hydrogens is 552 g/mol. The maximum atomic E-state index is 13.4. The molecule has 11 heteroatoms. The summed E-state index contributed by atoms with van der Waals surface area (Å²) < 4.78 is 23.2. The molecule has 4 heterocycles. The van der Waals surface area contributed by atoms with Crippen LogP contribution in [0.4, 0.5) is 11.4 Å². The number of benzene rings is 2. The highest BCUT2D eigenvalue weighted by Gasteiger charge is 2.41. The van der Waals surface area contributed by atoms with Gasteiger partial charge in [-0.1, -0.05) is 11.1 Å². The van der Waals surface area contributed by atoms with E-state index in [0.29, 0.717) is 71.6 Å². The van der Waals surface area contributed by atoms with E-state index in [1.165, 1.54) is 14.2 Å². The third-order valence-electron chi connectivity index (χ3n) is 8.30. The number of amides is 2. The standard InChI is InChI=1S/C32H36N4O7/c1-18-9-20-15-33-23-13-28(26(40-4)11-21(23)30(37)35(20)16-18)42-7-6-8-43-29-14-24-22(12-27(29)41-5)31(38)36-17-19(2)10-25(36)32(39)34(24)3/h11-17,20,25,32,39H,6-10H2,1-5H3/t20-,25-,32-/m0/s1. The van der Waals surface area contributed by atoms with Crippen LogP contribution in [0.25, 0.3) is 0 Å². The Balaban J connectivity index is 1.13. The molecule has 0 aromatic heterocycles. The number of hydrogen-bond acceptors (Lipinski definition) is 9. The summed E-state index contributed by atoms with van der Waals surface area (Å²) in [5.41, 5.74) is 4.19. The SMILES string of the molecule is COc1cc2c(cc1OCCCOc1cc3c(cc1OC)C(=O)N1C=C(C)C[C@H]1[C@H](O)N3C)N=C[C@@H]1CC(C)=CN1C2=O. The average Bonchev–Trinajstić information content (AvgIpc) is 3.54. The molecule has 2 amide bonds. The third kappa shape index (κ3) is 5.07. The number of aliphatic hydroxyl groups is 1. The zero-order chi connectivity index (χ0) is 30.4. The fraction of sp³-hybridized carbons (Fsp3) is 0.406. The number of anilines is 1. The van der Waals surface area contributed by atoms with E-state index in [-0.39, 0.29) is 23.9 Å². The molecule has 3 atom stereocenters. The third-order valence-corrected chi connectivity index (χ3v) is 8.30. The first-order valence-corrected chi connectivity index (χ1v) is 14.3. The van der Waals surface area contributed by atoms with Crippen molar-refractivity contribution in [3.63, 3.8) is 0 Å². The molecule has 2 aromatic carbocycles. The number of aliphatic imine (C=N–C) groups is 1.